The summed E-state index contributed by atoms with van der Waals surface area (Å²) < 4.78 is 5.99. The fourth-order valence-corrected chi connectivity index (χ4v) is 3.67. The van der Waals surface area contributed by atoms with Crippen molar-refractivity contribution in [2.45, 2.75) is 38.4 Å². The molecule has 1 saturated heterocycles. The van der Waals surface area contributed by atoms with Crippen molar-refractivity contribution in [2.24, 2.45) is 11.8 Å². The van der Waals surface area contributed by atoms with E-state index in [1.54, 1.807) is 0 Å². The van der Waals surface area contributed by atoms with Gasteiger partial charge in [0.05, 0.1) is 18.6 Å². The highest BCUT2D eigenvalue weighted by Gasteiger charge is 2.38. The minimum atomic E-state index is -0.780. The molecule has 0 radical (unpaired) electrons. The van der Waals surface area contributed by atoms with Crippen LogP contribution in [0.4, 0.5) is 0 Å². The van der Waals surface area contributed by atoms with Crippen molar-refractivity contribution in [1.82, 2.24) is 4.90 Å². The number of carboxylic acid groups (broad SMARTS) is 1. The molecule has 0 spiro atoms. The first-order chi connectivity index (χ1) is 11.0. The number of aliphatic carboxylic acids is 1. The van der Waals surface area contributed by atoms with E-state index in [4.69, 9.17) is 9.84 Å². The van der Waals surface area contributed by atoms with Gasteiger partial charge in [0.25, 0.3) is 0 Å². The van der Waals surface area contributed by atoms with E-state index >= 15 is 0 Å². The van der Waals surface area contributed by atoms with Crippen LogP contribution in [0.3, 0.4) is 0 Å². The van der Waals surface area contributed by atoms with Gasteiger partial charge in [-0.1, -0.05) is 30.3 Å². The van der Waals surface area contributed by atoms with Crippen molar-refractivity contribution in [3.63, 3.8) is 0 Å². The zero-order chi connectivity index (χ0) is 16.4. The van der Waals surface area contributed by atoms with Gasteiger partial charge in [-0.3, -0.25) is 9.59 Å². The Labute approximate surface area is 136 Å². The number of morpholine rings is 1. The molecule has 1 N–H and O–H groups in total. The highest BCUT2D eigenvalue weighted by Crippen LogP contribution is 2.34. The Balaban J connectivity index is 1.67. The quantitative estimate of drug-likeness (QED) is 0.930. The van der Waals surface area contributed by atoms with Crippen LogP contribution in [0.5, 0.6) is 0 Å². The van der Waals surface area contributed by atoms with Crippen LogP contribution in [-0.4, -0.2) is 41.1 Å². The van der Waals surface area contributed by atoms with Crippen molar-refractivity contribution in [3.05, 3.63) is 35.9 Å². The molecule has 2 fully saturated rings. The molecule has 4 atom stereocenters. The van der Waals surface area contributed by atoms with Crippen LogP contribution in [0, 0.1) is 11.8 Å². The Morgan fingerprint density at radius 2 is 1.83 bits per heavy atom. The Bertz CT molecular complexity index is 574. The number of hydrogen-bond donors (Lipinski definition) is 1. The zero-order valence-electron chi connectivity index (χ0n) is 13.4. The van der Waals surface area contributed by atoms with E-state index in [-0.39, 0.29) is 30.0 Å². The molecule has 1 saturated carbocycles. The Hall–Kier alpha value is -1.88. The van der Waals surface area contributed by atoms with Crippen LogP contribution in [0.15, 0.2) is 30.3 Å². The summed E-state index contributed by atoms with van der Waals surface area (Å²) in [7, 11) is 0. The summed E-state index contributed by atoms with van der Waals surface area (Å²) in [5.41, 5.74) is 1.08. The number of hydrogen-bond acceptors (Lipinski definition) is 3. The average Bonchev–Trinajstić information content (AvgIpc) is 3.04. The molecule has 3 rings (SSSR count). The summed E-state index contributed by atoms with van der Waals surface area (Å²) in [6.45, 7) is 3.10. The average molecular weight is 317 g/mol. The molecule has 0 aromatic heterocycles. The molecule has 0 bridgehead atoms. The number of amides is 1. The van der Waals surface area contributed by atoms with Crippen molar-refractivity contribution in [2.75, 3.05) is 13.1 Å². The van der Waals surface area contributed by atoms with Crippen LogP contribution in [0.1, 0.15) is 37.9 Å². The molecule has 1 amide bonds. The number of rotatable bonds is 3. The maximum atomic E-state index is 12.8. The first kappa shape index (κ1) is 16.0. The second-order valence-electron chi connectivity index (χ2n) is 6.63. The molecule has 1 aromatic rings. The third-order valence-electron chi connectivity index (χ3n) is 4.87. The number of carboxylic acids is 1. The summed E-state index contributed by atoms with van der Waals surface area (Å²) >= 11 is 0. The van der Waals surface area contributed by atoms with Crippen molar-refractivity contribution >= 4 is 11.9 Å². The smallest absolute Gasteiger partial charge is 0.306 e. The van der Waals surface area contributed by atoms with Crippen LogP contribution >= 0.6 is 0 Å². The van der Waals surface area contributed by atoms with Gasteiger partial charge >= 0.3 is 5.97 Å². The van der Waals surface area contributed by atoms with Crippen molar-refractivity contribution in [1.29, 1.82) is 0 Å². The summed E-state index contributed by atoms with van der Waals surface area (Å²) in [5, 5.41) is 9.11. The van der Waals surface area contributed by atoms with Gasteiger partial charge in [0, 0.05) is 12.5 Å². The van der Waals surface area contributed by atoms with Gasteiger partial charge in [-0.15, -0.1) is 0 Å². The van der Waals surface area contributed by atoms with Crippen LogP contribution < -0.4 is 0 Å². The van der Waals surface area contributed by atoms with Gasteiger partial charge < -0.3 is 14.7 Å². The van der Waals surface area contributed by atoms with Crippen LogP contribution in [0.25, 0.3) is 0 Å². The molecule has 23 heavy (non-hydrogen) atoms. The first-order valence-electron chi connectivity index (χ1n) is 8.26. The monoisotopic (exact) mass is 317 g/mol. The second-order valence-corrected chi connectivity index (χ2v) is 6.63. The lowest BCUT2D eigenvalue weighted by Crippen LogP contribution is -2.47. The third-order valence-corrected chi connectivity index (χ3v) is 4.87. The summed E-state index contributed by atoms with van der Waals surface area (Å²) in [5.74, 6) is -1.22. The molecule has 1 aliphatic carbocycles. The number of carbonyl (C=O) groups excluding carboxylic acids is 1. The molecule has 5 heteroatoms. The third kappa shape index (κ3) is 3.55. The van der Waals surface area contributed by atoms with Crippen LogP contribution in [-0.2, 0) is 14.3 Å². The largest absolute Gasteiger partial charge is 0.481 e. The highest BCUT2D eigenvalue weighted by atomic mass is 16.5. The summed E-state index contributed by atoms with van der Waals surface area (Å²) in [6, 6.07) is 9.93. The topological polar surface area (TPSA) is 66.8 Å². The Morgan fingerprint density at radius 3 is 2.48 bits per heavy atom. The van der Waals surface area contributed by atoms with Crippen molar-refractivity contribution in [3.8, 4) is 0 Å². The number of ether oxygens (including phenoxy) is 1. The second kappa shape index (κ2) is 6.71. The van der Waals surface area contributed by atoms with Gasteiger partial charge in [0.1, 0.15) is 6.10 Å². The van der Waals surface area contributed by atoms with E-state index in [1.807, 2.05) is 42.2 Å². The lowest BCUT2D eigenvalue weighted by molar-refractivity contribution is -0.149. The first-order valence-corrected chi connectivity index (χ1v) is 8.26. The predicted molar refractivity (Wildman–Crippen MR) is 84.8 cm³/mol. The maximum Gasteiger partial charge on any atom is 0.306 e. The molecule has 2 aliphatic rings. The lowest BCUT2D eigenvalue weighted by Gasteiger charge is -2.38. The fraction of sp³-hybridized carbons (Fsp3) is 0.556. The molecular formula is C18H23NO4. The van der Waals surface area contributed by atoms with E-state index in [0.29, 0.717) is 32.4 Å². The fourth-order valence-electron chi connectivity index (χ4n) is 3.67. The normalized spacial score (nSPS) is 31.1. The molecule has 1 aliphatic heterocycles. The molecule has 124 valence electrons. The summed E-state index contributed by atoms with van der Waals surface area (Å²) in [4.78, 5) is 25.7. The van der Waals surface area contributed by atoms with E-state index in [9.17, 15) is 9.59 Å². The Morgan fingerprint density at radius 1 is 1.13 bits per heavy atom. The van der Waals surface area contributed by atoms with E-state index < -0.39 is 5.97 Å². The van der Waals surface area contributed by atoms with Crippen LogP contribution in [0.2, 0.25) is 0 Å². The molecule has 1 aromatic carbocycles. The molecule has 5 nitrogen and oxygen atoms in total. The van der Waals surface area contributed by atoms with Gasteiger partial charge in [-0.25, -0.2) is 0 Å². The molecule has 2 unspecified atom stereocenters. The minimum absolute atomic E-state index is 0.0189. The number of nitrogens with zero attached hydrogens (tertiary/aromatic N) is 1. The minimum Gasteiger partial charge on any atom is -0.481 e. The van der Waals surface area contributed by atoms with Gasteiger partial charge in [-0.05, 0) is 31.7 Å². The van der Waals surface area contributed by atoms with Crippen molar-refractivity contribution < 1.29 is 19.4 Å². The SMILES string of the molecule is CC1CN(C(=O)[C@@H]2CC[C@H](C(=O)O)C2)CC(c2ccccc2)O1. The number of carbonyl (C=O) groups is 2. The highest BCUT2D eigenvalue weighted by molar-refractivity contribution is 5.81. The van der Waals surface area contributed by atoms with Gasteiger partial charge in [0.15, 0.2) is 0 Å². The Kier molecular flexibility index (Phi) is 4.66. The molecular weight excluding hydrogens is 294 g/mol. The lowest BCUT2D eigenvalue weighted by atomic mass is 10.0. The maximum absolute atomic E-state index is 12.8. The van der Waals surface area contributed by atoms with E-state index in [0.717, 1.165) is 5.56 Å². The van der Waals surface area contributed by atoms with E-state index in [2.05, 4.69) is 0 Å². The van der Waals surface area contributed by atoms with Gasteiger partial charge in [0.2, 0.25) is 5.91 Å². The van der Waals surface area contributed by atoms with Gasteiger partial charge in [-0.2, -0.15) is 0 Å². The standard InChI is InChI=1S/C18H23NO4/c1-12-10-19(11-16(23-12)13-5-3-2-4-6-13)17(20)14-7-8-15(9-14)18(21)22/h2-6,12,14-16H,7-11H2,1H3,(H,21,22)/t12?,14-,15+,16?/m1/s1. The predicted octanol–water partition coefficient (Wildman–Crippen LogP) is 2.48. The number of benzene rings is 1. The molecule has 1 heterocycles. The summed E-state index contributed by atoms with van der Waals surface area (Å²) in [6.07, 6.45) is 1.62. The van der Waals surface area contributed by atoms with E-state index in [1.165, 1.54) is 0 Å². The zero-order valence-corrected chi connectivity index (χ0v) is 13.4.